The van der Waals surface area contributed by atoms with Crippen LogP contribution in [0.1, 0.15) is 75.7 Å². The van der Waals surface area contributed by atoms with E-state index < -0.39 is 0 Å². The Bertz CT molecular complexity index is 148. The predicted molar refractivity (Wildman–Crippen MR) is 93.5 cm³/mol. The van der Waals surface area contributed by atoms with Crippen LogP contribution in [0.3, 0.4) is 0 Å². The third-order valence-electron chi connectivity index (χ3n) is 2.39. The van der Waals surface area contributed by atoms with Crippen molar-refractivity contribution in [2.75, 3.05) is 6.61 Å². The first-order valence-electron chi connectivity index (χ1n) is 7.58. The standard InChI is InChI=1S/C9H20O.C5H11O.C3H7.CH4.Y/c1-7(2)5-6-9(10)8(3)4;1-5(2)3-4-6;1-3-2;;/h7-10H,5-6H2,1-4H3;3,5-6H,4H2,1-2H3;3H,1-2H3;1H4;/q;2*-1;;. The van der Waals surface area contributed by atoms with E-state index in [0.29, 0.717) is 17.8 Å². The van der Waals surface area contributed by atoms with Crippen LogP contribution in [0.5, 0.6) is 0 Å². The normalized spacial score (nSPS) is 10.7. The molecule has 0 aliphatic rings. The maximum Gasteiger partial charge on any atom is 0.0563 e. The van der Waals surface area contributed by atoms with Gasteiger partial charge in [0.1, 0.15) is 0 Å². The van der Waals surface area contributed by atoms with Crippen LogP contribution in [0.4, 0.5) is 0 Å². The van der Waals surface area contributed by atoms with Gasteiger partial charge in [-0.15, -0.1) is 0 Å². The average Bonchev–Trinajstić information content (AvgIpc) is 2.27. The topological polar surface area (TPSA) is 40.5 Å². The third-order valence-corrected chi connectivity index (χ3v) is 2.39. The van der Waals surface area contributed by atoms with Crippen molar-refractivity contribution in [2.24, 2.45) is 17.8 Å². The summed E-state index contributed by atoms with van der Waals surface area (Å²) >= 11 is 0. The van der Waals surface area contributed by atoms with E-state index in [4.69, 9.17) is 5.11 Å². The molecule has 2 nitrogen and oxygen atoms in total. The second-order valence-corrected chi connectivity index (χ2v) is 6.02. The second kappa shape index (κ2) is 25.9. The van der Waals surface area contributed by atoms with Crippen LogP contribution >= 0.6 is 0 Å². The molecule has 0 aliphatic heterocycles. The minimum absolute atomic E-state index is 0. The van der Waals surface area contributed by atoms with E-state index >= 15 is 0 Å². The molecule has 0 heterocycles. The molecular formula is C18H42O2Y-2. The monoisotopic (exact) mass is 379 g/mol. The Kier molecular flexibility index (Phi) is 41.5. The molecule has 0 saturated heterocycles. The van der Waals surface area contributed by atoms with Crippen LogP contribution in [0.15, 0.2) is 0 Å². The van der Waals surface area contributed by atoms with Crippen molar-refractivity contribution >= 4 is 0 Å². The summed E-state index contributed by atoms with van der Waals surface area (Å²) in [5.74, 6) is 1.65. The van der Waals surface area contributed by atoms with Gasteiger partial charge in [0.15, 0.2) is 0 Å². The molecule has 1 radical (unpaired) electrons. The molecule has 0 spiro atoms. The Hall–Kier alpha value is 1.02. The fourth-order valence-corrected chi connectivity index (χ4v) is 1.05. The van der Waals surface area contributed by atoms with Gasteiger partial charge in [-0.2, -0.15) is 19.8 Å². The molecule has 3 heteroatoms. The zero-order chi connectivity index (χ0) is 15.8. The van der Waals surface area contributed by atoms with Crippen molar-refractivity contribution in [2.45, 2.75) is 81.8 Å². The van der Waals surface area contributed by atoms with Gasteiger partial charge >= 0.3 is 0 Å². The number of aliphatic hydroxyl groups excluding tert-OH is 2. The third kappa shape index (κ3) is 44.9. The maximum absolute atomic E-state index is 9.38. The van der Waals surface area contributed by atoms with Gasteiger partial charge in [0.05, 0.1) is 6.10 Å². The van der Waals surface area contributed by atoms with Gasteiger partial charge in [-0.05, 0) is 24.7 Å². The molecule has 0 amide bonds. The van der Waals surface area contributed by atoms with Crippen molar-refractivity contribution in [3.63, 3.8) is 0 Å². The molecule has 0 fully saturated rings. The van der Waals surface area contributed by atoms with Crippen molar-refractivity contribution in [1.29, 1.82) is 0 Å². The van der Waals surface area contributed by atoms with E-state index in [-0.39, 0.29) is 52.8 Å². The van der Waals surface area contributed by atoms with Gasteiger partial charge in [0, 0.05) is 32.7 Å². The van der Waals surface area contributed by atoms with E-state index in [2.05, 4.69) is 27.7 Å². The largest absolute Gasteiger partial charge is 0.428 e. The van der Waals surface area contributed by atoms with E-state index in [1.54, 1.807) is 0 Å². The van der Waals surface area contributed by atoms with E-state index in [9.17, 15) is 5.11 Å². The average molecular weight is 379 g/mol. The van der Waals surface area contributed by atoms with Crippen molar-refractivity contribution < 1.29 is 42.9 Å². The minimum atomic E-state index is -0.0950. The first-order valence-corrected chi connectivity index (χ1v) is 7.58. The summed E-state index contributed by atoms with van der Waals surface area (Å²) in [5.41, 5.74) is 0. The van der Waals surface area contributed by atoms with Gasteiger partial charge in [-0.3, -0.25) is 0 Å². The molecule has 0 saturated carbocycles. The molecule has 2 N–H and O–H groups in total. The van der Waals surface area contributed by atoms with Crippen LogP contribution in [-0.4, -0.2) is 22.9 Å². The van der Waals surface area contributed by atoms with E-state index in [0.717, 1.165) is 12.8 Å². The number of rotatable bonds is 6. The quantitative estimate of drug-likeness (QED) is 0.627. The maximum atomic E-state index is 9.38. The van der Waals surface area contributed by atoms with Gasteiger partial charge < -0.3 is 23.1 Å². The Balaban J connectivity index is -0.0000000673. The Morgan fingerprint density at radius 3 is 1.43 bits per heavy atom. The summed E-state index contributed by atoms with van der Waals surface area (Å²) in [7, 11) is 0. The van der Waals surface area contributed by atoms with E-state index in [1.807, 2.05) is 40.5 Å². The van der Waals surface area contributed by atoms with Crippen molar-refractivity contribution in [1.82, 2.24) is 0 Å². The molecule has 0 aromatic heterocycles. The molecule has 1 atom stereocenters. The van der Waals surface area contributed by atoms with Gasteiger partial charge in [-0.25, -0.2) is 0 Å². The van der Waals surface area contributed by atoms with Gasteiger partial charge in [0.2, 0.25) is 0 Å². The minimum Gasteiger partial charge on any atom is -0.428 e. The zero-order valence-corrected chi connectivity index (χ0v) is 17.9. The van der Waals surface area contributed by atoms with Crippen LogP contribution in [-0.2, 0) is 32.7 Å². The molecule has 1 unspecified atom stereocenters. The van der Waals surface area contributed by atoms with Crippen molar-refractivity contribution in [3.8, 4) is 0 Å². The SMILES string of the molecule is C.CC(C)CCC(O)C(C)C.CC(C)[CH-]CO.C[CH-]C.[Y]. The molecule has 0 bridgehead atoms. The molecule has 0 aromatic rings. The summed E-state index contributed by atoms with van der Waals surface area (Å²) in [6.07, 6.45) is 5.84. The smallest absolute Gasteiger partial charge is 0.0563 e. The first-order chi connectivity index (χ1) is 8.72. The second-order valence-electron chi connectivity index (χ2n) is 6.02. The summed E-state index contributed by atoms with van der Waals surface area (Å²) in [6, 6.07) is 0. The molecule has 0 rings (SSSR count). The molecular weight excluding hydrogens is 337 g/mol. The summed E-state index contributed by atoms with van der Waals surface area (Å²) in [4.78, 5) is 0. The summed E-state index contributed by atoms with van der Waals surface area (Å²) in [5, 5.41) is 17.6. The van der Waals surface area contributed by atoms with Crippen LogP contribution < -0.4 is 0 Å². The first kappa shape index (κ1) is 33.6. The van der Waals surface area contributed by atoms with E-state index in [1.165, 1.54) is 0 Å². The Morgan fingerprint density at radius 1 is 0.905 bits per heavy atom. The Labute approximate surface area is 161 Å². The number of hydrogen-bond donors (Lipinski definition) is 2. The summed E-state index contributed by atoms with van der Waals surface area (Å²) in [6.45, 7) is 16.8. The summed E-state index contributed by atoms with van der Waals surface area (Å²) < 4.78 is 0. The number of aliphatic hydroxyl groups is 2. The van der Waals surface area contributed by atoms with Gasteiger partial charge in [-0.1, -0.05) is 55.6 Å². The molecule has 21 heavy (non-hydrogen) atoms. The molecule has 0 aromatic carbocycles. The molecule has 0 aliphatic carbocycles. The number of hydrogen-bond acceptors (Lipinski definition) is 2. The van der Waals surface area contributed by atoms with Crippen LogP contribution in [0.2, 0.25) is 0 Å². The van der Waals surface area contributed by atoms with Crippen molar-refractivity contribution in [3.05, 3.63) is 12.8 Å². The van der Waals surface area contributed by atoms with Crippen LogP contribution in [0, 0.1) is 30.6 Å². The predicted octanol–water partition coefficient (Wildman–Crippen LogP) is 5.14. The van der Waals surface area contributed by atoms with Crippen LogP contribution in [0.25, 0.3) is 0 Å². The Morgan fingerprint density at radius 2 is 1.29 bits per heavy atom. The van der Waals surface area contributed by atoms with Gasteiger partial charge in [0.25, 0.3) is 0 Å². The molecule has 131 valence electrons. The fourth-order valence-electron chi connectivity index (χ4n) is 1.05. The zero-order valence-electron chi connectivity index (χ0n) is 15.1. The fraction of sp³-hybridized carbons (Fsp3) is 0.889.